The minimum Gasteiger partial charge on any atom is -0.293 e. The van der Waals surface area contributed by atoms with E-state index >= 15 is 0 Å². The van der Waals surface area contributed by atoms with Gasteiger partial charge in [-0.15, -0.1) is 10.2 Å². The summed E-state index contributed by atoms with van der Waals surface area (Å²) in [4.78, 5) is 12.6. The maximum Gasteiger partial charge on any atom is 0.417 e. The lowest BCUT2D eigenvalue weighted by atomic mass is 10.1. The molecule has 0 saturated heterocycles. The van der Waals surface area contributed by atoms with Gasteiger partial charge in [0.05, 0.1) is 15.8 Å². The number of Topliss-reactive ketones (excluding diaryl/α,β-unsaturated/α-hetero) is 1. The van der Waals surface area contributed by atoms with E-state index in [4.69, 9.17) is 11.6 Å². The lowest BCUT2D eigenvalue weighted by Crippen LogP contribution is -2.14. The molecule has 0 aliphatic heterocycles. The van der Waals surface area contributed by atoms with Crippen LogP contribution in [0.4, 0.5) is 13.2 Å². The van der Waals surface area contributed by atoms with Gasteiger partial charge in [-0.3, -0.25) is 9.20 Å². The van der Waals surface area contributed by atoms with E-state index in [-0.39, 0.29) is 21.6 Å². The first kappa shape index (κ1) is 19.7. The van der Waals surface area contributed by atoms with Crippen LogP contribution in [-0.4, -0.2) is 25.6 Å². The van der Waals surface area contributed by atoms with Crippen molar-refractivity contribution in [2.75, 3.05) is 0 Å². The number of ketones is 1. The van der Waals surface area contributed by atoms with Crippen LogP contribution in [0, 0.1) is 0 Å². The van der Waals surface area contributed by atoms with Gasteiger partial charge in [0.15, 0.2) is 16.6 Å². The number of thioether (sulfide) groups is 1. The molecule has 1 aromatic carbocycles. The number of alkyl halides is 3. The Bertz CT molecular complexity index is 986. The third kappa shape index (κ3) is 4.11. The standard InChI is InChI=1S/C18H15ClF3N3OS/c1-3-11-4-6-12(7-5-11)15(26)10(2)27-17-24-23-16-14(19)8-13(9-25(16)17)18(20,21)22/h4-10H,3H2,1-2H3/t10-/m1/s1. The van der Waals surface area contributed by atoms with Crippen LogP contribution in [0.1, 0.15) is 35.3 Å². The Morgan fingerprint density at radius 1 is 1.26 bits per heavy atom. The fourth-order valence-electron chi connectivity index (χ4n) is 2.52. The predicted octanol–water partition coefficient (Wildman–Crippen LogP) is 5.33. The van der Waals surface area contributed by atoms with Gasteiger partial charge in [-0.2, -0.15) is 13.2 Å². The quantitative estimate of drug-likeness (QED) is 0.419. The number of halogens is 4. The van der Waals surface area contributed by atoms with Gasteiger partial charge in [-0.1, -0.05) is 54.6 Å². The molecule has 0 N–H and O–H groups in total. The van der Waals surface area contributed by atoms with Crippen LogP contribution < -0.4 is 0 Å². The van der Waals surface area contributed by atoms with Crippen molar-refractivity contribution in [2.24, 2.45) is 0 Å². The summed E-state index contributed by atoms with van der Waals surface area (Å²) in [6, 6.07) is 8.07. The van der Waals surface area contributed by atoms with Gasteiger partial charge in [0.25, 0.3) is 0 Å². The number of carbonyl (C=O) groups is 1. The van der Waals surface area contributed by atoms with Crippen molar-refractivity contribution in [1.82, 2.24) is 14.6 Å². The Morgan fingerprint density at radius 3 is 2.52 bits per heavy atom. The van der Waals surface area contributed by atoms with Crippen molar-refractivity contribution in [1.29, 1.82) is 0 Å². The maximum absolute atomic E-state index is 13.0. The second kappa shape index (κ2) is 7.52. The number of benzene rings is 1. The summed E-state index contributed by atoms with van der Waals surface area (Å²) in [7, 11) is 0. The lowest BCUT2D eigenvalue weighted by molar-refractivity contribution is -0.137. The number of aromatic nitrogens is 3. The molecule has 0 radical (unpaired) electrons. The Kier molecular flexibility index (Phi) is 5.48. The number of aryl methyl sites for hydroxylation is 1. The van der Waals surface area contributed by atoms with Gasteiger partial charge in [0.2, 0.25) is 0 Å². The van der Waals surface area contributed by atoms with Crippen molar-refractivity contribution >= 4 is 34.8 Å². The molecule has 27 heavy (non-hydrogen) atoms. The van der Waals surface area contributed by atoms with Gasteiger partial charge in [-0.05, 0) is 25.0 Å². The molecule has 0 aliphatic carbocycles. The number of carbonyl (C=O) groups excluding carboxylic acids is 1. The molecule has 142 valence electrons. The second-order valence-electron chi connectivity index (χ2n) is 5.93. The Morgan fingerprint density at radius 2 is 1.93 bits per heavy atom. The number of rotatable bonds is 5. The zero-order valence-corrected chi connectivity index (χ0v) is 16.0. The van der Waals surface area contributed by atoms with Gasteiger partial charge in [0.1, 0.15) is 0 Å². The molecule has 3 rings (SSSR count). The zero-order chi connectivity index (χ0) is 19.8. The molecule has 0 fully saturated rings. The SMILES string of the molecule is CCc1ccc(C(=O)[C@@H](C)Sc2nnc3c(Cl)cc(C(F)(F)F)cn23)cc1. The van der Waals surface area contributed by atoms with Crippen LogP contribution in [0.25, 0.3) is 5.65 Å². The van der Waals surface area contributed by atoms with Crippen LogP contribution in [0.2, 0.25) is 5.02 Å². The average molecular weight is 414 g/mol. The molecular formula is C18H15ClF3N3OS. The highest BCUT2D eigenvalue weighted by atomic mass is 35.5. The monoisotopic (exact) mass is 413 g/mol. The fraction of sp³-hybridized carbons (Fsp3) is 0.278. The van der Waals surface area contributed by atoms with E-state index in [1.807, 2.05) is 19.1 Å². The van der Waals surface area contributed by atoms with Crippen molar-refractivity contribution in [3.05, 3.63) is 58.2 Å². The molecule has 0 saturated carbocycles. The largest absolute Gasteiger partial charge is 0.417 e. The summed E-state index contributed by atoms with van der Waals surface area (Å²) in [6.45, 7) is 3.70. The summed E-state index contributed by atoms with van der Waals surface area (Å²) in [6.07, 6.45) is -2.80. The highest BCUT2D eigenvalue weighted by Crippen LogP contribution is 2.34. The zero-order valence-electron chi connectivity index (χ0n) is 14.4. The van der Waals surface area contributed by atoms with E-state index in [9.17, 15) is 18.0 Å². The molecule has 4 nitrogen and oxygen atoms in total. The van der Waals surface area contributed by atoms with E-state index in [1.54, 1.807) is 19.1 Å². The highest BCUT2D eigenvalue weighted by Gasteiger charge is 2.32. The van der Waals surface area contributed by atoms with Gasteiger partial charge in [0, 0.05) is 11.8 Å². The molecule has 0 spiro atoms. The van der Waals surface area contributed by atoms with Crippen LogP contribution in [0.15, 0.2) is 41.7 Å². The summed E-state index contributed by atoms with van der Waals surface area (Å²) in [5.41, 5.74) is 0.856. The topological polar surface area (TPSA) is 47.3 Å². The smallest absolute Gasteiger partial charge is 0.293 e. The number of fused-ring (bicyclic) bond motifs is 1. The van der Waals surface area contributed by atoms with Gasteiger partial charge < -0.3 is 0 Å². The molecule has 0 amide bonds. The molecule has 9 heteroatoms. The Balaban J connectivity index is 1.89. The first-order chi connectivity index (χ1) is 12.7. The van der Waals surface area contributed by atoms with E-state index in [0.717, 1.165) is 36.0 Å². The first-order valence-electron chi connectivity index (χ1n) is 8.12. The lowest BCUT2D eigenvalue weighted by Gasteiger charge is -2.11. The van der Waals surface area contributed by atoms with Crippen molar-refractivity contribution in [3.8, 4) is 0 Å². The third-order valence-electron chi connectivity index (χ3n) is 4.05. The molecule has 2 aromatic heterocycles. The third-order valence-corrected chi connectivity index (χ3v) is 5.39. The minimum absolute atomic E-state index is 0.110. The predicted molar refractivity (Wildman–Crippen MR) is 98.5 cm³/mol. The molecule has 1 atom stereocenters. The van der Waals surface area contributed by atoms with Crippen LogP contribution >= 0.6 is 23.4 Å². The molecule has 0 aliphatic rings. The maximum atomic E-state index is 13.0. The van der Waals surface area contributed by atoms with Crippen molar-refractivity contribution in [3.63, 3.8) is 0 Å². The highest BCUT2D eigenvalue weighted by molar-refractivity contribution is 8.00. The van der Waals surface area contributed by atoms with E-state index in [1.165, 1.54) is 4.40 Å². The van der Waals surface area contributed by atoms with Crippen molar-refractivity contribution in [2.45, 2.75) is 36.9 Å². The molecule has 2 heterocycles. The van der Waals surface area contributed by atoms with E-state index in [2.05, 4.69) is 10.2 Å². The Labute approximate surface area is 162 Å². The number of hydrogen-bond acceptors (Lipinski definition) is 4. The number of hydrogen-bond donors (Lipinski definition) is 0. The van der Waals surface area contributed by atoms with Crippen molar-refractivity contribution < 1.29 is 18.0 Å². The summed E-state index contributed by atoms with van der Waals surface area (Å²) >= 11 is 6.94. The van der Waals surface area contributed by atoms with Crippen LogP contribution in [-0.2, 0) is 12.6 Å². The van der Waals surface area contributed by atoms with Crippen LogP contribution in [0.3, 0.4) is 0 Å². The average Bonchev–Trinajstić information content (AvgIpc) is 3.04. The summed E-state index contributed by atoms with van der Waals surface area (Å²) < 4.78 is 40.3. The van der Waals surface area contributed by atoms with E-state index < -0.39 is 17.0 Å². The first-order valence-corrected chi connectivity index (χ1v) is 9.37. The number of nitrogens with zero attached hydrogens (tertiary/aromatic N) is 3. The summed E-state index contributed by atoms with van der Waals surface area (Å²) in [5, 5.41) is 7.18. The molecule has 0 bridgehead atoms. The van der Waals surface area contributed by atoms with E-state index in [0.29, 0.717) is 5.56 Å². The normalized spacial score (nSPS) is 13.1. The minimum atomic E-state index is -4.55. The van der Waals surface area contributed by atoms with Gasteiger partial charge >= 0.3 is 6.18 Å². The van der Waals surface area contributed by atoms with Gasteiger partial charge in [-0.25, -0.2) is 0 Å². The second-order valence-corrected chi connectivity index (χ2v) is 7.64. The number of pyridine rings is 1. The molecular weight excluding hydrogens is 399 g/mol. The molecule has 3 aromatic rings. The Hall–Kier alpha value is -2.06. The fourth-order valence-corrected chi connectivity index (χ4v) is 3.67. The summed E-state index contributed by atoms with van der Waals surface area (Å²) in [5.74, 6) is -0.141. The van der Waals surface area contributed by atoms with Crippen LogP contribution in [0.5, 0.6) is 0 Å². The molecule has 0 unspecified atom stereocenters.